The van der Waals surface area contributed by atoms with Gasteiger partial charge >= 0.3 is 0 Å². The van der Waals surface area contributed by atoms with Gasteiger partial charge in [0.1, 0.15) is 11.6 Å². The molecule has 4 nitrogen and oxygen atoms in total. The maximum Gasteiger partial charge on any atom is 0.234 e. The van der Waals surface area contributed by atoms with Gasteiger partial charge in [-0.1, -0.05) is 6.07 Å². The third kappa shape index (κ3) is 6.05. The molecule has 1 aromatic carbocycles. The van der Waals surface area contributed by atoms with Crippen LogP contribution in [-0.4, -0.2) is 50.1 Å². The highest BCUT2D eigenvalue weighted by atomic mass is 35.5. The molecule has 1 unspecified atom stereocenters. The van der Waals surface area contributed by atoms with E-state index in [2.05, 4.69) is 15.5 Å². The lowest BCUT2D eigenvalue weighted by Crippen LogP contribution is -2.48. The minimum absolute atomic E-state index is 0. The summed E-state index contributed by atoms with van der Waals surface area (Å²) in [5.74, 6) is -1.24. The Labute approximate surface area is 142 Å². The predicted octanol–water partition coefficient (Wildman–Crippen LogP) is 1.73. The van der Waals surface area contributed by atoms with Gasteiger partial charge < -0.3 is 10.6 Å². The van der Waals surface area contributed by atoms with Gasteiger partial charge in [0.15, 0.2) is 0 Å². The molecule has 0 bridgehead atoms. The monoisotopic (exact) mass is 347 g/mol. The van der Waals surface area contributed by atoms with Crippen LogP contribution in [-0.2, 0) is 11.2 Å². The summed E-state index contributed by atoms with van der Waals surface area (Å²) in [7, 11) is 1.93. The fraction of sp³-hybridized carbons (Fsp3) is 0.562. The number of halogens is 3. The first-order chi connectivity index (χ1) is 10.6. The maximum atomic E-state index is 13.5. The number of hydrogen-bond donors (Lipinski definition) is 2. The Bertz CT molecular complexity index is 496. The van der Waals surface area contributed by atoms with Crippen LogP contribution in [0.25, 0.3) is 0 Å². The molecule has 1 aromatic rings. The van der Waals surface area contributed by atoms with Crippen LogP contribution in [0, 0.1) is 11.6 Å². The second-order valence-corrected chi connectivity index (χ2v) is 5.66. The molecule has 23 heavy (non-hydrogen) atoms. The molecule has 1 amide bonds. The van der Waals surface area contributed by atoms with Crippen molar-refractivity contribution in [1.82, 2.24) is 15.5 Å². The molecule has 0 saturated carbocycles. The zero-order valence-electron chi connectivity index (χ0n) is 13.3. The van der Waals surface area contributed by atoms with Gasteiger partial charge in [-0.05, 0) is 45.0 Å². The van der Waals surface area contributed by atoms with Crippen LogP contribution in [0.2, 0.25) is 0 Å². The molecule has 1 heterocycles. The number of carbonyl (C=O) groups excluding carboxylic acids is 1. The molecule has 2 N–H and O–H groups in total. The smallest absolute Gasteiger partial charge is 0.234 e. The summed E-state index contributed by atoms with van der Waals surface area (Å²) in [4.78, 5) is 14.0. The molecule has 1 aliphatic heterocycles. The molecule has 1 fully saturated rings. The average molecular weight is 348 g/mol. The molecule has 1 atom stereocenters. The van der Waals surface area contributed by atoms with Crippen LogP contribution >= 0.6 is 12.4 Å². The Kier molecular flexibility index (Phi) is 8.44. The minimum atomic E-state index is -0.567. The number of carbonyl (C=O) groups is 1. The van der Waals surface area contributed by atoms with E-state index in [4.69, 9.17) is 0 Å². The molecular formula is C16H24ClF2N3O. The van der Waals surface area contributed by atoms with Gasteiger partial charge in [-0.25, -0.2) is 8.78 Å². The fourth-order valence-electron chi connectivity index (χ4n) is 2.79. The first-order valence-corrected chi connectivity index (χ1v) is 7.69. The van der Waals surface area contributed by atoms with Crippen LogP contribution in [0.1, 0.15) is 18.4 Å². The number of likely N-dealkylation sites (N-methyl/N-ethyl adjacent to an activating group) is 1. The number of amides is 1. The van der Waals surface area contributed by atoms with Gasteiger partial charge in [0.25, 0.3) is 0 Å². The van der Waals surface area contributed by atoms with E-state index in [0.29, 0.717) is 12.6 Å². The summed E-state index contributed by atoms with van der Waals surface area (Å²) < 4.78 is 26.9. The standard InChI is InChI=1S/C16H23F2N3O.ClH/c1-19-12-4-3-9-21(10-12)11-16(22)20-8-7-13-14(17)5-2-6-15(13)18;/h2,5-6,12,19H,3-4,7-11H2,1H3,(H,20,22);1H. The third-order valence-corrected chi connectivity index (χ3v) is 4.04. The summed E-state index contributed by atoms with van der Waals surface area (Å²) in [6.45, 7) is 2.33. The Morgan fingerprint density at radius 3 is 2.70 bits per heavy atom. The highest BCUT2D eigenvalue weighted by molar-refractivity contribution is 5.85. The van der Waals surface area contributed by atoms with Gasteiger partial charge in [0.05, 0.1) is 6.54 Å². The second kappa shape index (κ2) is 9.80. The lowest BCUT2D eigenvalue weighted by Gasteiger charge is -2.31. The first-order valence-electron chi connectivity index (χ1n) is 7.69. The van der Waals surface area contributed by atoms with E-state index in [-0.39, 0.29) is 36.8 Å². The Morgan fingerprint density at radius 1 is 1.35 bits per heavy atom. The molecule has 0 spiro atoms. The van der Waals surface area contributed by atoms with Gasteiger partial charge in [-0.15, -0.1) is 12.4 Å². The van der Waals surface area contributed by atoms with E-state index in [9.17, 15) is 13.6 Å². The summed E-state index contributed by atoms with van der Waals surface area (Å²) >= 11 is 0. The Morgan fingerprint density at radius 2 is 2.04 bits per heavy atom. The molecule has 7 heteroatoms. The van der Waals surface area contributed by atoms with Crippen molar-refractivity contribution in [3.05, 3.63) is 35.4 Å². The molecular weight excluding hydrogens is 324 g/mol. The van der Waals surface area contributed by atoms with Crippen LogP contribution in [0.5, 0.6) is 0 Å². The van der Waals surface area contributed by atoms with E-state index < -0.39 is 11.6 Å². The summed E-state index contributed by atoms with van der Waals surface area (Å²) in [5, 5.41) is 5.96. The van der Waals surface area contributed by atoms with Gasteiger partial charge in [0, 0.05) is 24.7 Å². The number of nitrogens with zero attached hydrogens (tertiary/aromatic N) is 1. The molecule has 1 saturated heterocycles. The molecule has 2 rings (SSSR count). The summed E-state index contributed by atoms with van der Waals surface area (Å²) in [6, 6.07) is 4.22. The lowest BCUT2D eigenvalue weighted by atomic mass is 10.1. The average Bonchev–Trinajstić information content (AvgIpc) is 2.50. The van der Waals surface area contributed by atoms with E-state index in [1.807, 2.05) is 7.05 Å². The van der Waals surface area contributed by atoms with Gasteiger partial charge in [0.2, 0.25) is 5.91 Å². The third-order valence-electron chi connectivity index (χ3n) is 4.04. The van der Waals surface area contributed by atoms with Crippen LogP contribution in [0.15, 0.2) is 18.2 Å². The predicted molar refractivity (Wildman–Crippen MR) is 88.8 cm³/mol. The van der Waals surface area contributed by atoms with E-state index >= 15 is 0 Å². The van der Waals surface area contributed by atoms with E-state index in [0.717, 1.165) is 25.9 Å². The van der Waals surface area contributed by atoms with Crippen molar-refractivity contribution < 1.29 is 13.6 Å². The Balaban J connectivity index is 0.00000264. The zero-order chi connectivity index (χ0) is 15.9. The number of nitrogens with one attached hydrogen (secondary N) is 2. The largest absolute Gasteiger partial charge is 0.355 e. The van der Waals surface area contributed by atoms with E-state index in [1.165, 1.54) is 18.2 Å². The second-order valence-electron chi connectivity index (χ2n) is 5.66. The van der Waals surface area contributed by atoms with Crippen molar-refractivity contribution in [3.63, 3.8) is 0 Å². The number of likely N-dealkylation sites (tertiary alicyclic amines) is 1. The van der Waals surface area contributed by atoms with Crippen LogP contribution in [0.4, 0.5) is 8.78 Å². The van der Waals surface area contributed by atoms with Crippen molar-refractivity contribution in [2.75, 3.05) is 33.2 Å². The highest BCUT2D eigenvalue weighted by Crippen LogP contribution is 2.12. The molecule has 0 aromatic heterocycles. The number of rotatable bonds is 6. The normalized spacial score (nSPS) is 18.3. The quantitative estimate of drug-likeness (QED) is 0.823. The van der Waals surface area contributed by atoms with Crippen molar-refractivity contribution in [3.8, 4) is 0 Å². The van der Waals surface area contributed by atoms with Crippen molar-refractivity contribution in [1.29, 1.82) is 0 Å². The van der Waals surface area contributed by atoms with Gasteiger partial charge in [-0.3, -0.25) is 9.69 Å². The Hall–Kier alpha value is -1.24. The van der Waals surface area contributed by atoms with Gasteiger partial charge in [-0.2, -0.15) is 0 Å². The van der Waals surface area contributed by atoms with Crippen molar-refractivity contribution in [2.45, 2.75) is 25.3 Å². The van der Waals surface area contributed by atoms with Crippen LogP contribution < -0.4 is 10.6 Å². The number of piperidine rings is 1. The summed E-state index contributed by atoms with van der Waals surface area (Å²) in [6.07, 6.45) is 2.35. The molecule has 130 valence electrons. The first kappa shape index (κ1) is 19.8. The topological polar surface area (TPSA) is 44.4 Å². The lowest BCUT2D eigenvalue weighted by molar-refractivity contribution is -0.122. The van der Waals surface area contributed by atoms with Crippen molar-refractivity contribution >= 4 is 18.3 Å². The fourth-order valence-corrected chi connectivity index (χ4v) is 2.79. The maximum absolute atomic E-state index is 13.5. The van der Waals surface area contributed by atoms with Crippen molar-refractivity contribution in [2.24, 2.45) is 0 Å². The minimum Gasteiger partial charge on any atom is -0.355 e. The molecule has 0 aliphatic carbocycles. The van der Waals surface area contributed by atoms with E-state index in [1.54, 1.807) is 0 Å². The van der Waals surface area contributed by atoms with Crippen LogP contribution in [0.3, 0.4) is 0 Å². The number of benzene rings is 1. The number of hydrogen-bond acceptors (Lipinski definition) is 3. The SMILES string of the molecule is CNC1CCCN(CC(=O)NCCc2c(F)cccc2F)C1.Cl. The molecule has 1 aliphatic rings. The zero-order valence-corrected chi connectivity index (χ0v) is 14.1. The molecule has 0 radical (unpaired) electrons. The highest BCUT2D eigenvalue weighted by Gasteiger charge is 2.20. The summed E-state index contributed by atoms with van der Waals surface area (Å²) in [5.41, 5.74) is 0.0241.